The first kappa shape index (κ1) is 31.7. The van der Waals surface area contributed by atoms with E-state index >= 15 is 0 Å². The summed E-state index contributed by atoms with van der Waals surface area (Å²) in [7, 11) is -1.94. The van der Waals surface area contributed by atoms with Crippen molar-refractivity contribution in [1.29, 1.82) is 0 Å². The van der Waals surface area contributed by atoms with Crippen molar-refractivity contribution in [3.63, 3.8) is 0 Å². The van der Waals surface area contributed by atoms with Crippen molar-refractivity contribution >= 4 is 40.0 Å². The van der Waals surface area contributed by atoms with Gasteiger partial charge in [-0.05, 0) is 36.1 Å². The smallest absolute Gasteiger partial charge is 0.358 e. The van der Waals surface area contributed by atoms with Crippen LogP contribution in [-0.4, -0.2) is 8.07 Å². The minimum Gasteiger partial charge on any atom is -0.358 e. The van der Waals surface area contributed by atoms with Gasteiger partial charge in [-0.25, -0.2) is 0 Å². The number of fused-ring (bicyclic) bond motifs is 2. The van der Waals surface area contributed by atoms with Crippen molar-refractivity contribution < 1.29 is 25.8 Å². The molecule has 0 aromatic heterocycles. The summed E-state index contributed by atoms with van der Waals surface area (Å²) in [5, 5.41) is 8.66. The monoisotopic (exact) mass is 704 g/mol. The maximum atomic E-state index is 2.54. The minimum atomic E-state index is -1.94. The standard InChI is InChI=1S/C36H34Si.2CH3.Hf/c1-5-37(6-2,29-21-27-15-11-19-33(35(27)23-29)31-17-9-7-13-25(31)3)30-22-28-16-12-20-34(36(28)24-30)32-18-10-8-14-26(32)4;;;/h7-24H,5-6H2,1-4H3;2*1H3;/q-2;2*-1;+4. The molecule has 0 N–H and O–H groups in total. The van der Waals surface area contributed by atoms with Gasteiger partial charge >= 0.3 is 25.8 Å². The molecule has 6 aromatic carbocycles. The fraction of sp³-hybridized carbons (Fsp3) is 0.158. The molecule has 0 aliphatic carbocycles. The molecule has 200 valence electrons. The zero-order chi connectivity index (χ0) is 25.6. The first-order valence-corrected chi connectivity index (χ1v) is 16.0. The Kier molecular flexibility index (Phi) is 10.1. The molecular formula is C38H40HfSi. The van der Waals surface area contributed by atoms with Gasteiger partial charge in [-0.1, -0.05) is 97.7 Å². The summed E-state index contributed by atoms with van der Waals surface area (Å²) in [5.74, 6) is 0. The number of benzene rings is 4. The normalized spacial score (nSPS) is 11.1. The van der Waals surface area contributed by atoms with E-state index in [2.05, 4.69) is 137 Å². The average Bonchev–Trinajstić information content (AvgIpc) is 3.56. The molecule has 0 saturated carbocycles. The first-order chi connectivity index (χ1) is 18.1. The Bertz CT molecular complexity index is 1600. The molecule has 2 heteroatoms. The second-order valence-electron chi connectivity index (χ2n) is 10.5. The summed E-state index contributed by atoms with van der Waals surface area (Å²) < 4.78 is 0. The van der Waals surface area contributed by atoms with Gasteiger partial charge in [0.05, 0.1) is 8.07 Å². The second-order valence-corrected chi connectivity index (χ2v) is 15.3. The molecule has 0 heterocycles. The number of aryl methyl sites for hydroxylation is 2. The van der Waals surface area contributed by atoms with Gasteiger partial charge in [0, 0.05) is 0 Å². The molecule has 0 aliphatic heterocycles. The fourth-order valence-electron chi connectivity index (χ4n) is 6.48. The molecule has 0 bridgehead atoms. The van der Waals surface area contributed by atoms with Gasteiger partial charge in [-0.2, -0.15) is 12.1 Å². The molecule has 0 radical (unpaired) electrons. The largest absolute Gasteiger partial charge is 4.00 e. The van der Waals surface area contributed by atoms with Crippen LogP contribution in [0, 0.1) is 28.7 Å². The maximum absolute atomic E-state index is 2.54. The second kappa shape index (κ2) is 12.8. The van der Waals surface area contributed by atoms with Gasteiger partial charge in [0.15, 0.2) is 0 Å². The van der Waals surface area contributed by atoms with E-state index in [0.717, 1.165) is 0 Å². The van der Waals surface area contributed by atoms with E-state index in [1.54, 1.807) is 10.4 Å². The third-order valence-corrected chi connectivity index (χ3v) is 13.9. The van der Waals surface area contributed by atoms with Gasteiger partial charge in [0.1, 0.15) is 0 Å². The van der Waals surface area contributed by atoms with Crippen LogP contribution in [0.25, 0.3) is 43.8 Å². The van der Waals surface area contributed by atoms with Crippen LogP contribution < -0.4 is 10.4 Å². The van der Waals surface area contributed by atoms with Crippen LogP contribution in [0.3, 0.4) is 0 Å². The van der Waals surface area contributed by atoms with Gasteiger partial charge in [0.25, 0.3) is 0 Å². The zero-order valence-corrected chi connectivity index (χ0v) is 29.4. The summed E-state index contributed by atoms with van der Waals surface area (Å²) >= 11 is 0. The summed E-state index contributed by atoms with van der Waals surface area (Å²) in [6.45, 7) is 9.26. The molecule has 6 aromatic rings. The van der Waals surface area contributed by atoms with Crippen molar-refractivity contribution in [2.24, 2.45) is 0 Å². The van der Waals surface area contributed by atoms with Gasteiger partial charge < -0.3 is 14.9 Å². The van der Waals surface area contributed by atoms with Crippen LogP contribution in [0.15, 0.2) is 109 Å². The Hall–Kier alpha value is -2.81. The molecule has 0 atom stereocenters. The minimum absolute atomic E-state index is 0. The summed E-state index contributed by atoms with van der Waals surface area (Å²) in [6.07, 6.45) is 0. The molecular weight excluding hydrogens is 663 g/mol. The van der Waals surface area contributed by atoms with Crippen molar-refractivity contribution in [2.75, 3.05) is 0 Å². The van der Waals surface area contributed by atoms with Gasteiger partial charge in [0.2, 0.25) is 0 Å². The van der Waals surface area contributed by atoms with Crippen LogP contribution in [0.2, 0.25) is 12.1 Å². The van der Waals surface area contributed by atoms with Crippen molar-refractivity contribution in [3.05, 3.63) is 135 Å². The van der Waals surface area contributed by atoms with Gasteiger partial charge in [-0.15, -0.1) is 68.3 Å². The molecule has 0 fully saturated rings. The van der Waals surface area contributed by atoms with E-state index in [0.29, 0.717) is 0 Å². The quantitative estimate of drug-likeness (QED) is 0.120. The predicted molar refractivity (Wildman–Crippen MR) is 178 cm³/mol. The third-order valence-electron chi connectivity index (χ3n) is 8.68. The van der Waals surface area contributed by atoms with E-state index < -0.39 is 8.07 Å². The Labute approximate surface area is 261 Å². The van der Waals surface area contributed by atoms with E-state index in [4.69, 9.17) is 0 Å². The van der Waals surface area contributed by atoms with Crippen molar-refractivity contribution in [2.45, 2.75) is 39.8 Å². The van der Waals surface area contributed by atoms with E-state index in [9.17, 15) is 0 Å². The van der Waals surface area contributed by atoms with Crippen LogP contribution in [-0.2, 0) is 25.8 Å². The predicted octanol–water partition coefficient (Wildman–Crippen LogP) is 9.88. The zero-order valence-electron chi connectivity index (χ0n) is 24.8. The van der Waals surface area contributed by atoms with Crippen LogP contribution in [0.1, 0.15) is 25.0 Å². The summed E-state index contributed by atoms with van der Waals surface area (Å²) in [5.41, 5.74) is 8.05. The van der Waals surface area contributed by atoms with Crippen molar-refractivity contribution in [3.8, 4) is 22.3 Å². The SMILES string of the molecule is CC[Si](CC)(c1cc2c(-c3ccccc3C)cccc2[cH-]1)c1cc2c(-c3ccccc3C)cccc2[cH-]1.[CH3-].[CH3-].[Hf+4]. The average molecular weight is 703 g/mol. The fourth-order valence-corrected chi connectivity index (χ4v) is 10.6. The number of hydrogen-bond acceptors (Lipinski definition) is 0. The topological polar surface area (TPSA) is 0 Å². The number of rotatable bonds is 6. The number of hydrogen-bond donors (Lipinski definition) is 0. The Balaban J connectivity index is 0.00000147. The van der Waals surface area contributed by atoms with Crippen LogP contribution in [0.4, 0.5) is 0 Å². The van der Waals surface area contributed by atoms with Crippen LogP contribution >= 0.6 is 0 Å². The maximum Gasteiger partial charge on any atom is 4.00 e. The summed E-state index contributed by atoms with van der Waals surface area (Å²) in [4.78, 5) is 0. The molecule has 6 rings (SSSR count). The van der Waals surface area contributed by atoms with E-state index in [1.807, 2.05) is 0 Å². The third kappa shape index (κ3) is 5.17. The first-order valence-electron chi connectivity index (χ1n) is 13.6. The molecule has 0 unspecified atom stereocenters. The molecule has 0 amide bonds. The Morgan fingerprint density at radius 2 is 0.900 bits per heavy atom. The van der Waals surface area contributed by atoms with E-state index in [1.165, 1.54) is 67.0 Å². The summed E-state index contributed by atoms with van der Waals surface area (Å²) in [6, 6.07) is 43.7. The van der Waals surface area contributed by atoms with Crippen molar-refractivity contribution in [1.82, 2.24) is 0 Å². The molecule has 0 aliphatic rings. The van der Waals surface area contributed by atoms with Gasteiger partial charge in [-0.3, -0.25) is 0 Å². The molecule has 0 spiro atoms. The Morgan fingerprint density at radius 3 is 1.27 bits per heavy atom. The van der Waals surface area contributed by atoms with E-state index in [-0.39, 0.29) is 40.7 Å². The molecule has 0 saturated heterocycles. The molecule has 40 heavy (non-hydrogen) atoms. The van der Waals surface area contributed by atoms with Crippen LogP contribution in [0.5, 0.6) is 0 Å². The molecule has 0 nitrogen and oxygen atoms in total. The Morgan fingerprint density at radius 1 is 0.525 bits per heavy atom.